The van der Waals surface area contributed by atoms with E-state index in [9.17, 15) is 5.11 Å². The minimum atomic E-state index is 0.261. The highest BCUT2D eigenvalue weighted by Crippen LogP contribution is 2.26. The molecule has 0 radical (unpaired) electrons. The van der Waals surface area contributed by atoms with E-state index >= 15 is 0 Å². The fourth-order valence-electron chi connectivity index (χ4n) is 2.52. The van der Waals surface area contributed by atoms with Gasteiger partial charge in [-0.25, -0.2) is 0 Å². The van der Waals surface area contributed by atoms with E-state index in [2.05, 4.69) is 22.9 Å². The van der Waals surface area contributed by atoms with Gasteiger partial charge in [-0.05, 0) is 38.4 Å². The molecule has 3 heteroatoms. The van der Waals surface area contributed by atoms with Crippen molar-refractivity contribution in [2.75, 3.05) is 13.2 Å². The lowest BCUT2D eigenvalue weighted by Gasteiger charge is -2.38. The predicted molar refractivity (Wildman–Crippen MR) is 64.1 cm³/mol. The van der Waals surface area contributed by atoms with Crippen molar-refractivity contribution in [3.63, 3.8) is 0 Å². The molecule has 2 heterocycles. The van der Waals surface area contributed by atoms with Crippen molar-refractivity contribution in [2.24, 2.45) is 0 Å². The number of nitrogens with zero attached hydrogens (tertiary/aromatic N) is 2. The lowest BCUT2D eigenvalue weighted by Crippen LogP contribution is -2.43. The van der Waals surface area contributed by atoms with Gasteiger partial charge in [0.1, 0.15) is 0 Å². The van der Waals surface area contributed by atoms with Crippen LogP contribution >= 0.6 is 0 Å². The first-order valence-electron chi connectivity index (χ1n) is 6.10. The first-order chi connectivity index (χ1) is 7.83. The molecule has 0 bridgehead atoms. The molecule has 0 spiro atoms. The van der Waals surface area contributed by atoms with Crippen molar-refractivity contribution in [3.05, 3.63) is 30.1 Å². The summed E-state index contributed by atoms with van der Waals surface area (Å²) in [6, 6.07) is 6.64. The summed E-state index contributed by atoms with van der Waals surface area (Å²) in [5.41, 5.74) is 1.10. The highest BCUT2D eigenvalue weighted by Gasteiger charge is 2.26. The molecule has 0 amide bonds. The second-order valence-corrected chi connectivity index (χ2v) is 4.50. The van der Waals surface area contributed by atoms with Crippen molar-refractivity contribution in [3.8, 4) is 0 Å². The highest BCUT2D eigenvalue weighted by atomic mass is 16.3. The maximum Gasteiger partial charge on any atom is 0.0587 e. The van der Waals surface area contributed by atoms with Crippen LogP contribution in [0.15, 0.2) is 24.4 Å². The number of likely N-dealkylation sites (tertiary alicyclic amines) is 1. The van der Waals surface area contributed by atoms with Crippen molar-refractivity contribution in [2.45, 2.75) is 38.3 Å². The molecule has 2 rings (SSSR count). The van der Waals surface area contributed by atoms with Crippen molar-refractivity contribution in [1.29, 1.82) is 0 Å². The van der Waals surface area contributed by atoms with Gasteiger partial charge < -0.3 is 5.11 Å². The topological polar surface area (TPSA) is 36.4 Å². The molecule has 1 fully saturated rings. The van der Waals surface area contributed by atoms with Crippen LogP contribution in [0.5, 0.6) is 0 Å². The minimum Gasteiger partial charge on any atom is -0.395 e. The Bertz CT molecular complexity index is 315. The Morgan fingerprint density at radius 2 is 2.38 bits per heavy atom. The van der Waals surface area contributed by atoms with Crippen LogP contribution in [0.3, 0.4) is 0 Å². The van der Waals surface area contributed by atoms with Gasteiger partial charge in [0.05, 0.1) is 12.3 Å². The molecule has 1 aliphatic rings. The molecular formula is C13H20N2O. The van der Waals surface area contributed by atoms with E-state index in [1.54, 1.807) is 0 Å². The molecule has 0 aromatic carbocycles. The Balaban J connectivity index is 2.10. The Labute approximate surface area is 97.1 Å². The summed E-state index contributed by atoms with van der Waals surface area (Å²) < 4.78 is 0. The van der Waals surface area contributed by atoms with Crippen molar-refractivity contribution in [1.82, 2.24) is 9.88 Å². The molecule has 3 nitrogen and oxygen atoms in total. The molecule has 16 heavy (non-hydrogen) atoms. The number of aromatic nitrogens is 1. The van der Waals surface area contributed by atoms with Gasteiger partial charge in [-0.1, -0.05) is 12.5 Å². The third-order valence-corrected chi connectivity index (χ3v) is 3.50. The summed E-state index contributed by atoms with van der Waals surface area (Å²) in [6.45, 7) is 3.51. The van der Waals surface area contributed by atoms with Crippen LogP contribution in [0.1, 0.15) is 37.9 Å². The molecule has 1 aliphatic heterocycles. The van der Waals surface area contributed by atoms with Crippen LogP contribution in [0.2, 0.25) is 0 Å². The van der Waals surface area contributed by atoms with E-state index in [0.29, 0.717) is 12.1 Å². The van der Waals surface area contributed by atoms with Crippen LogP contribution in [-0.4, -0.2) is 34.2 Å². The first-order valence-corrected chi connectivity index (χ1v) is 6.10. The molecule has 1 aromatic rings. The van der Waals surface area contributed by atoms with E-state index in [1.807, 2.05) is 18.3 Å². The summed E-state index contributed by atoms with van der Waals surface area (Å²) in [5, 5.41) is 9.40. The minimum absolute atomic E-state index is 0.261. The third-order valence-electron chi connectivity index (χ3n) is 3.50. The van der Waals surface area contributed by atoms with E-state index in [1.165, 1.54) is 12.8 Å². The van der Waals surface area contributed by atoms with Crippen LogP contribution < -0.4 is 0 Å². The number of hydrogen-bond donors (Lipinski definition) is 1. The van der Waals surface area contributed by atoms with Gasteiger partial charge in [0.15, 0.2) is 0 Å². The monoisotopic (exact) mass is 220 g/mol. The Morgan fingerprint density at radius 3 is 3.06 bits per heavy atom. The molecule has 2 atom stereocenters. The molecule has 0 saturated carbocycles. The van der Waals surface area contributed by atoms with Crippen molar-refractivity contribution < 1.29 is 5.11 Å². The first kappa shape index (κ1) is 11.6. The fourth-order valence-corrected chi connectivity index (χ4v) is 2.52. The predicted octanol–water partition coefficient (Wildman–Crippen LogP) is 1.99. The smallest absolute Gasteiger partial charge is 0.0587 e. The molecule has 0 unspecified atom stereocenters. The van der Waals surface area contributed by atoms with E-state index in [-0.39, 0.29) is 6.61 Å². The lowest BCUT2D eigenvalue weighted by atomic mass is 9.99. The van der Waals surface area contributed by atoms with E-state index < -0.39 is 0 Å². The standard InChI is InChI=1S/C13H20N2O/c1-11(13-7-2-4-8-14-13)15-9-5-3-6-12(15)10-16/h2,4,7-8,11-12,16H,3,5-6,9-10H2,1H3/t11-,12-/m1/s1. The number of piperidine rings is 1. The van der Waals surface area contributed by atoms with Gasteiger partial charge in [0.25, 0.3) is 0 Å². The summed E-state index contributed by atoms with van der Waals surface area (Å²) in [4.78, 5) is 6.78. The number of pyridine rings is 1. The van der Waals surface area contributed by atoms with Crippen LogP contribution in [0.4, 0.5) is 0 Å². The summed E-state index contributed by atoms with van der Waals surface area (Å²) in [5.74, 6) is 0. The fraction of sp³-hybridized carbons (Fsp3) is 0.615. The van der Waals surface area contributed by atoms with Crippen LogP contribution in [0, 0.1) is 0 Å². The Kier molecular flexibility index (Phi) is 3.91. The average Bonchev–Trinajstić information content (AvgIpc) is 2.39. The lowest BCUT2D eigenvalue weighted by molar-refractivity contribution is 0.0574. The van der Waals surface area contributed by atoms with Gasteiger partial charge in [0, 0.05) is 18.3 Å². The molecule has 1 N–H and O–H groups in total. The molecule has 0 aliphatic carbocycles. The highest BCUT2D eigenvalue weighted by molar-refractivity contribution is 5.08. The zero-order valence-electron chi connectivity index (χ0n) is 9.84. The van der Waals surface area contributed by atoms with E-state index in [4.69, 9.17) is 0 Å². The number of hydrogen-bond acceptors (Lipinski definition) is 3. The molecule has 1 saturated heterocycles. The third kappa shape index (κ3) is 2.42. The zero-order valence-corrected chi connectivity index (χ0v) is 9.84. The normalized spacial score (nSPS) is 24.2. The molecule has 1 aromatic heterocycles. The van der Waals surface area contributed by atoms with Gasteiger partial charge in [-0.2, -0.15) is 0 Å². The van der Waals surface area contributed by atoms with Crippen LogP contribution in [0.25, 0.3) is 0 Å². The largest absolute Gasteiger partial charge is 0.395 e. The Hall–Kier alpha value is -0.930. The van der Waals surface area contributed by atoms with E-state index in [0.717, 1.165) is 18.7 Å². The summed E-state index contributed by atoms with van der Waals surface area (Å²) in [7, 11) is 0. The van der Waals surface area contributed by atoms with Crippen molar-refractivity contribution >= 4 is 0 Å². The number of aliphatic hydroxyl groups is 1. The SMILES string of the molecule is C[C@H](c1ccccn1)N1CCCC[C@@H]1CO. The molecular weight excluding hydrogens is 200 g/mol. The second-order valence-electron chi connectivity index (χ2n) is 4.50. The maximum absolute atomic E-state index is 9.40. The average molecular weight is 220 g/mol. The summed E-state index contributed by atoms with van der Waals surface area (Å²) >= 11 is 0. The number of aliphatic hydroxyl groups excluding tert-OH is 1. The quantitative estimate of drug-likeness (QED) is 0.846. The number of rotatable bonds is 3. The van der Waals surface area contributed by atoms with Gasteiger partial charge >= 0.3 is 0 Å². The summed E-state index contributed by atoms with van der Waals surface area (Å²) in [6.07, 6.45) is 5.40. The van der Waals surface area contributed by atoms with Gasteiger partial charge in [0.2, 0.25) is 0 Å². The van der Waals surface area contributed by atoms with Gasteiger partial charge in [-0.15, -0.1) is 0 Å². The zero-order chi connectivity index (χ0) is 11.4. The molecule has 88 valence electrons. The van der Waals surface area contributed by atoms with Gasteiger partial charge in [-0.3, -0.25) is 9.88 Å². The van der Waals surface area contributed by atoms with Crippen LogP contribution in [-0.2, 0) is 0 Å². The maximum atomic E-state index is 9.40. The second kappa shape index (κ2) is 5.41. The Morgan fingerprint density at radius 1 is 1.50 bits per heavy atom.